The Balaban J connectivity index is 2.29. The molecule has 18 heavy (non-hydrogen) atoms. The number of rotatable bonds is 4. The molecule has 0 saturated carbocycles. The summed E-state index contributed by atoms with van der Waals surface area (Å²) in [5.41, 5.74) is 1.06. The highest BCUT2D eigenvalue weighted by molar-refractivity contribution is 5.50. The zero-order valence-electron chi connectivity index (χ0n) is 11.3. The molecule has 0 aliphatic carbocycles. The third-order valence-electron chi connectivity index (χ3n) is 3.62. The lowest BCUT2D eigenvalue weighted by atomic mass is 10.0. The summed E-state index contributed by atoms with van der Waals surface area (Å²) < 4.78 is 0. The molecule has 1 aliphatic heterocycles. The van der Waals surface area contributed by atoms with Gasteiger partial charge >= 0.3 is 0 Å². The van der Waals surface area contributed by atoms with E-state index >= 15 is 0 Å². The van der Waals surface area contributed by atoms with Gasteiger partial charge in [-0.2, -0.15) is 4.98 Å². The molecule has 2 N–H and O–H groups in total. The smallest absolute Gasteiger partial charge is 0.224 e. The van der Waals surface area contributed by atoms with Crippen LogP contribution in [0.3, 0.4) is 0 Å². The topological polar surface area (TPSA) is 61.3 Å². The molecule has 100 valence electrons. The van der Waals surface area contributed by atoms with E-state index in [4.69, 9.17) is 0 Å². The first-order valence-electron chi connectivity index (χ1n) is 6.62. The number of aliphatic hydroxyl groups excluding tert-OH is 1. The van der Waals surface area contributed by atoms with E-state index in [1.165, 1.54) is 0 Å². The summed E-state index contributed by atoms with van der Waals surface area (Å²) in [4.78, 5) is 11.0. The Morgan fingerprint density at radius 1 is 1.56 bits per heavy atom. The van der Waals surface area contributed by atoms with Crippen molar-refractivity contribution in [3.63, 3.8) is 0 Å². The Labute approximate surface area is 108 Å². The summed E-state index contributed by atoms with van der Waals surface area (Å²) in [6.45, 7) is 8.17. The molecule has 2 rings (SSSR count). The number of aryl methyl sites for hydroxylation is 1. The summed E-state index contributed by atoms with van der Waals surface area (Å²) in [6, 6.07) is 0.174. The lowest BCUT2D eigenvalue weighted by Crippen LogP contribution is -2.36. The summed E-state index contributed by atoms with van der Waals surface area (Å²) in [5, 5.41) is 12.7. The Morgan fingerprint density at radius 2 is 2.33 bits per heavy atom. The number of nitrogens with one attached hydrogen (secondary N) is 1. The highest BCUT2D eigenvalue weighted by Crippen LogP contribution is 2.30. The summed E-state index contributed by atoms with van der Waals surface area (Å²) in [7, 11) is 0. The van der Waals surface area contributed by atoms with Crippen LogP contribution in [0.5, 0.6) is 0 Å². The predicted molar refractivity (Wildman–Crippen MR) is 72.9 cm³/mol. The first-order valence-corrected chi connectivity index (χ1v) is 6.62. The summed E-state index contributed by atoms with van der Waals surface area (Å²) in [6.07, 6.45) is 2.95. The SMILES string of the molecule is CCNc1ncc(C)c(N2CCC(C)C2CO)n1. The monoisotopic (exact) mass is 250 g/mol. The van der Waals surface area contributed by atoms with Crippen molar-refractivity contribution < 1.29 is 5.11 Å². The van der Waals surface area contributed by atoms with Gasteiger partial charge < -0.3 is 15.3 Å². The number of aromatic nitrogens is 2. The number of anilines is 2. The number of hydrogen-bond acceptors (Lipinski definition) is 5. The van der Waals surface area contributed by atoms with Crippen molar-refractivity contribution in [3.8, 4) is 0 Å². The quantitative estimate of drug-likeness (QED) is 0.846. The Kier molecular flexibility index (Phi) is 4.01. The van der Waals surface area contributed by atoms with E-state index in [1.54, 1.807) is 0 Å². The Bertz CT molecular complexity index is 410. The van der Waals surface area contributed by atoms with Crippen LogP contribution in [0.15, 0.2) is 6.20 Å². The van der Waals surface area contributed by atoms with Crippen LogP contribution >= 0.6 is 0 Å². The van der Waals surface area contributed by atoms with Gasteiger partial charge in [-0.05, 0) is 26.2 Å². The lowest BCUT2D eigenvalue weighted by molar-refractivity contribution is 0.244. The van der Waals surface area contributed by atoms with Crippen LogP contribution in [0.2, 0.25) is 0 Å². The van der Waals surface area contributed by atoms with Crippen LogP contribution in [0.4, 0.5) is 11.8 Å². The Morgan fingerprint density at radius 3 is 3.00 bits per heavy atom. The molecule has 1 fully saturated rings. The van der Waals surface area contributed by atoms with Crippen molar-refractivity contribution in [2.24, 2.45) is 5.92 Å². The second kappa shape index (κ2) is 5.52. The van der Waals surface area contributed by atoms with Gasteiger partial charge in [-0.15, -0.1) is 0 Å². The van der Waals surface area contributed by atoms with Crippen molar-refractivity contribution in [1.82, 2.24) is 9.97 Å². The zero-order valence-corrected chi connectivity index (χ0v) is 11.3. The molecular formula is C13H22N4O. The maximum Gasteiger partial charge on any atom is 0.224 e. The largest absolute Gasteiger partial charge is 0.394 e. The average molecular weight is 250 g/mol. The molecule has 2 unspecified atom stereocenters. The molecule has 1 aromatic rings. The minimum absolute atomic E-state index is 0.174. The standard InChI is InChI=1S/C13H22N4O/c1-4-14-13-15-7-10(3)12(16-13)17-6-5-9(2)11(17)8-18/h7,9,11,18H,4-6,8H2,1-3H3,(H,14,15,16). The molecule has 2 heterocycles. The van der Waals surface area contributed by atoms with E-state index in [0.717, 1.165) is 30.9 Å². The molecule has 0 bridgehead atoms. The van der Waals surface area contributed by atoms with Gasteiger partial charge in [0.25, 0.3) is 0 Å². The highest BCUT2D eigenvalue weighted by atomic mass is 16.3. The van der Waals surface area contributed by atoms with Crippen LogP contribution in [-0.2, 0) is 0 Å². The summed E-state index contributed by atoms with van der Waals surface area (Å²) >= 11 is 0. The molecular weight excluding hydrogens is 228 g/mol. The van der Waals surface area contributed by atoms with Gasteiger partial charge in [0.15, 0.2) is 0 Å². The second-order valence-electron chi connectivity index (χ2n) is 4.94. The molecule has 5 nitrogen and oxygen atoms in total. The minimum atomic E-state index is 0.174. The van der Waals surface area contributed by atoms with Crippen molar-refractivity contribution in [2.75, 3.05) is 29.9 Å². The van der Waals surface area contributed by atoms with Gasteiger partial charge in [0, 0.05) is 24.8 Å². The molecule has 0 amide bonds. The first kappa shape index (κ1) is 13.1. The van der Waals surface area contributed by atoms with Gasteiger partial charge in [0.1, 0.15) is 5.82 Å². The van der Waals surface area contributed by atoms with E-state index in [9.17, 15) is 5.11 Å². The third kappa shape index (κ3) is 2.41. The lowest BCUT2D eigenvalue weighted by Gasteiger charge is -2.27. The number of nitrogens with zero attached hydrogens (tertiary/aromatic N) is 3. The second-order valence-corrected chi connectivity index (χ2v) is 4.94. The molecule has 5 heteroatoms. The highest BCUT2D eigenvalue weighted by Gasteiger charge is 2.32. The van der Waals surface area contributed by atoms with Crippen molar-refractivity contribution >= 4 is 11.8 Å². The van der Waals surface area contributed by atoms with E-state index in [-0.39, 0.29) is 12.6 Å². The van der Waals surface area contributed by atoms with Gasteiger partial charge in [-0.25, -0.2) is 4.98 Å². The van der Waals surface area contributed by atoms with Crippen LogP contribution in [-0.4, -0.2) is 40.8 Å². The summed E-state index contributed by atoms with van der Waals surface area (Å²) in [5.74, 6) is 2.12. The fraction of sp³-hybridized carbons (Fsp3) is 0.692. The van der Waals surface area contributed by atoms with Crippen LogP contribution in [0, 0.1) is 12.8 Å². The fourth-order valence-electron chi connectivity index (χ4n) is 2.52. The Hall–Kier alpha value is -1.36. The van der Waals surface area contributed by atoms with E-state index in [2.05, 4.69) is 27.1 Å². The van der Waals surface area contributed by atoms with E-state index < -0.39 is 0 Å². The van der Waals surface area contributed by atoms with Crippen LogP contribution < -0.4 is 10.2 Å². The zero-order chi connectivity index (χ0) is 13.1. The number of aliphatic hydroxyl groups is 1. The molecule has 1 aromatic heterocycles. The minimum Gasteiger partial charge on any atom is -0.394 e. The maximum absolute atomic E-state index is 9.53. The predicted octanol–water partition coefficient (Wildman–Crippen LogP) is 1.42. The first-order chi connectivity index (χ1) is 8.67. The van der Waals surface area contributed by atoms with Gasteiger partial charge in [-0.1, -0.05) is 6.92 Å². The molecule has 2 atom stereocenters. The van der Waals surface area contributed by atoms with Crippen molar-refractivity contribution in [3.05, 3.63) is 11.8 Å². The molecule has 0 aromatic carbocycles. The normalized spacial score (nSPS) is 23.4. The van der Waals surface area contributed by atoms with E-state index in [1.807, 2.05) is 20.0 Å². The maximum atomic E-state index is 9.53. The van der Waals surface area contributed by atoms with E-state index in [0.29, 0.717) is 11.9 Å². The van der Waals surface area contributed by atoms with Crippen LogP contribution in [0.1, 0.15) is 25.8 Å². The fourth-order valence-corrected chi connectivity index (χ4v) is 2.52. The van der Waals surface area contributed by atoms with Gasteiger partial charge in [0.2, 0.25) is 5.95 Å². The molecule has 0 spiro atoms. The third-order valence-corrected chi connectivity index (χ3v) is 3.62. The van der Waals surface area contributed by atoms with Crippen molar-refractivity contribution in [2.45, 2.75) is 33.2 Å². The van der Waals surface area contributed by atoms with Gasteiger partial charge in [-0.3, -0.25) is 0 Å². The number of hydrogen-bond donors (Lipinski definition) is 2. The molecule has 1 saturated heterocycles. The van der Waals surface area contributed by atoms with Crippen molar-refractivity contribution in [1.29, 1.82) is 0 Å². The molecule has 0 radical (unpaired) electrons. The van der Waals surface area contributed by atoms with Gasteiger partial charge in [0.05, 0.1) is 12.6 Å². The van der Waals surface area contributed by atoms with Crippen LogP contribution in [0.25, 0.3) is 0 Å². The average Bonchev–Trinajstić information content (AvgIpc) is 2.73. The molecule has 1 aliphatic rings.